The molecule has 0 fully saturated rings. The summed E-state index contributed by atoms with van der Waals surface area (Å²) in [5.41, 5.74) is 1.10. The van der Waals surface area contributed by atoms with Gasteiger partial charge in [-0.2, -0.15) is 17.7 Å². The van der Waals surface area contributed by atoms with Crippen molar-refractivity contribution in [2.24, 2.45) is 0 Å². The highest BCUT2D eigenvalue weighted by atomic mass is 35.5. The van der Waals surface area contributed by atoms with E-state index in [0.29, 0.717) is 12.2 Å². The second-order valence-electron chi connectivity index (χ2n) is 4.15. The number of halogens is 1. The number of pyridine rings is 1. The molecule has 0 saturated heterocycles. The van der Waals surface area contributed by atoms with Gasteiger partial charge in [-0.05, 0) is 19.1 Å². The van der Waals surface area contributed by atoms with Crippen LogP contribution >= 0.6 is 24.2 Å². The van der Waals surface area contributed by atoms with Gasteiger partial charge in [0.15, 0.2) is 5.15 Å². The molecule has 2 aromatic rings. The smallest absolute Gasteiger partial charge is 0.272 e. The highest BCUT2D eigenvalue weighted by Gasteiger charge is 2.22. The van der Waals surface area contributed by atoms with Crippen LogP contribution in [0.2, 0.25) is 5.15 Å². The summed E-state index contributed by atoms with van der Waals surface area (Å²) < 4.78 is 1.55. The number of hydrogen-bond acceptors (Lipinski definition) is 5. The van der Waals surface area contributed by atoms with Gasteiger partial charge in [-0.3, -0.25) is 15.2 Å². The summed E-state index contributed by atoms with van der Waals surface area (Å²) in [5.74, 6) is -0.357. The second-order valence-corrected chi connectivity index (χ2v) is 4.82. The predicted molar refractivity (Wildman–Crippen MR) is 86.0 cm³/mol. The summed E-state index contributed by atoms with van der Waals surface area (Å²) >= 11 is 10.1. The second kappa shape index (κ2) is 6.73. The number of carbonyl (C=O) groups is 1. The van der Waals surface area contributed by atoms with E-state index < -0.39 is 5.91 Å². The molecule has 0 spiro atoms. The van der Waals surface area contributed by atoms with Crippen LogP contribution in [0.1, 0.15) is 6.92 Å². The van der Waals surface area contributed by atoms with Gasteiger partial charge < -0.3 is 4.90 Å². The Morgan fingerprint density at radius 2 is 2.33 bits per heavy atom. The van der Waals surface area contributed by atoms with Crippen LogP contribution in [0.5, 0.6) is 0 Å². The molecule has 0 bridgehead atoms. The number of amides is 1. The minimum Gasteiger partial charge on any atom is -0.303 e. The third-order valence-electron chi connectivity index (χ3n) is 2.83. The van der Waals surface area contributed by atoms with E-state index in [1.54, 1.807) is 36.3 Å². The standard InChI is InChI=1S/C13H14ClN5OS/c1-2-18(13(20)10(15)8-21)11-7-19(17-12(11)14)9-4-3-5-16-6-9/h3-7,15,21H,2,8H2,1H3. The van der Waals surface area contributed by atoms with E-state index >= 15 is 0 Å². The Bertz CT molecular complexity index is 658. The molecule has 0 saturated carbocycles. The SMILES string of the molecule is CCN(C(=O)C(=N)CS)c1cn(-c2cccnc2)nc1Cl. The lowest BCUT2D eigenvalue weighted by Crippen LogP contribution is -2.36. The first-order chi connectivity index (χ1) is 10.1. The molecule has 0 unspecified atom stereocenters. The van der Waals surface area contributed by atoms with Crippen molar-refractivity contribution in [3.63, 3.8) is 0 Å². The molecule has 6 nitrogen and oxygen atoms in total. The van der Waals surface area contributed by atoms with Gasteiger partial charge in [0.05, 0.1) is 18.1 Å². The van der Waals surface area contributed by atoms with Crippen molar-refractivity contribution in [3.8, 4) is 5.69 Å². The molecule has 0 atom stereocenters. The average Bonchev–Trinajstić information content (AvgIpc) is 2.90. The lowest BCUT2D eigenvalue weighted by atomic mass is 10.3. The predicted octanol–water partition coefficient (Wildman–Crippen LogP) is 2.22. The zero-order chi connectivity index (χ0) is 15.4. The maximum atomic E-state index is 12.1. The summed E-state index contributed by atoms with van der Waals surface area (Å²) in [7, 11) is 0. The van der Waals surface area contributed by atoms with Gasteiger partial charge in [-0.25, -0.2) is 4.68 Å². The topological polar surface area (TPSA) is 74.9 Å². The van der Waals surface area contributed by atoms with E-state index in [0.717, 1.165) is 5.69 Å². The Kier molecular flexibility index (Phi) is 4.98. The third kappa shape index (κ3) is 3.25. The summed E-state index contributed by atoms with van der Waals surface area (Å²) in [6.07, 6.45) is 4.94. The number of thiol groups is 1. The third-order valence-corrected chi connectivity index (χ3v) is 3.42. The largest absolute Gasteiger partial charge is 0.303 e. The van der Waals surface area contributed by atoms with Gasteiger partial charge in [0.1, 0.15) is 11.4 Å². The maximum absolute atomic E-state index is 12.1. The van der Waals surface area contributed by atoms with Gasteiger partial charge in [0, 0.05) is 18.5 Å². The van der Waals surface area contributed by atoms with E-state index in [-0.39, 0.29) is 16.6 Å². The van der Waals surface area contributed by atoms with Crippen LogP contribution in [0.3, 0.4) is 0 Å². The molecule has 1 N–H and O–H groups in total. The summed E-state index contributed by atoms with van der Waals surface area (Å²) in [6, 6.07) is 3.61. The van der Waals surface area contributed by atoms with Gasteiger partial charge >= 0.3 is 0 Å². The molecule has 0 aliphatic heterocycles. The van der Waals surface area contributed by atoms with Crippen LogP contribution in [0.4, 0.5) is 5.69 Å². The van der Waals surface area contributed by atoms with E-state index in [9.17, 15) is 4.79 Å². The molecule has 2 aromatic heterocycles. The Balaban J connectivity index is 2.38. The molecule has 0 aliphatic rings. The number of nitrogens with zero attached hydrogens (tertiary/aromatic N) is 4. The van der Waals surface area contributed by atoms with E-state index in [4.69, 9.17) is 17.0 Å². The van der Waals surface area contributed by atoms with Crippen molar-refractivity contribution >= 4 is 41.5 Å². The molecular formula is C13H14ClN5OS. The van der Waals surface area contributed by atoms with Crippen molar-refractivity contribution in [3.05, 3.63) is 35.9 Å². The molecule has 21 heavy (non-hydrogen) atoms. The number of hydrogen-bond donors (Lipinski definition) is 2. The van der Waals surface area contributed by atoms with Crippen LogP contribution in [0.25, 0.3) is 5.69 Å². The first-order valence-electron chi connectivity index (χ1n) is 6.24. The van der Waals surface area contributed by atoms with Gasteiger partial charge in [-0.15, -0.1) is 0 Å². The van der Waals surface area contributed by atoms with Crippen molar-refractivity contribution in [1.29, 1.82) is 5.41 Å². The Morgan fingerprint density at radius 1 is 1.57 bits per heavy atom. The normalized spacial score (nSPS) is 10.4. The molecule has 110 valence electrons. The summed E-state index contributed by atoms with van der Waals surface area (Å²) in [6.45, 7) is 2.19. The van der Waals surface area contributed by atoms with Crippen molar-refractivity contribution in [2.75, 3.05) is 17.2 Å². The Hall–Kier alpha value is -1.86. The van der Waals surface area contributed by atoms with Crippen molar-refractivity contribution in [1.82, 2.24) is 14.8 Å². The molecule has 0 radical (unpaired) electrons. The van der Waals surface area contributed by atoms with Crippen LogP contribution in [0, 0.1) is 5.41 Å². The molecule has 8 heteroatoms. The fraction of sp³-hybridized carbons (Fsp3) is 0.231. The van der Waals surface area contributed by atoms with Gasteiger partial charge in [0.25, 0.3) is 5.91 Å². The number of rotatable bonds is 5. The fourth-order valence-electron chi connectivity index (χ4n) is 1.80. The van der Waals surface area contributed by atoms with Crippen molar-refractivity contribution in [2.45, 2.75) is 6.92 Å². The summed E-state index contributed by atoms with van der Waals surface area (Å²) in [5, 5.41) is 12.0. The van der Waals surface area contributed by atoms with Crippen LogP contribution < -0.4 is 4.90 Å². The number of aromatic nitrogens is 3. The zero-order valence-electron chi connectivity index (χ0n) is 11.3. The lowest BCUT2D eigenvalue weighted by molar-refractivity contribution is -0.112. The maximum Gasteiger partial charge on any atom is 0.272 e. The molecule has 2 rings (SSSR count). The molecule has 0 aromatic carbocycles. The average molecular weight is 324 g/mol. The molecule has 0 aliphatic carbocycles. The highest BCUT2D eigenvalue weighted by molar-refractivity contribution is 7.81. The van der Waals surface area contributed by atoms with Gasteiger partial charge in [-0.1, -0.05) is 11.6 Å². The number of anilines is 1. The van der Waals surface area contributed by atoms with Crippen LogP contribution in [0.15, 0.2) is 30.7 Å². The van der Waals surface area contributed by atoms with Crippen LogP contribution in [-0.4, -0.2) is 38.7 Å². The van der Waals surface area contributed by atoms with E-state index in [1.165, 1.54) is 4.90 Å². The minimum atomic E-state index is -0.430. The zero-order valence-corrected chi connectivity index (χ0v) is 13.0. The van der Waals surface area contributed by atoms with Gasteiger partial charge in [0.2, 0.25) is 0 Å². The van der Waals surface area contributed by atoms with E-state index in [1.807, 2.05) is 6.07 Å². The van der Waals surface area contributed by atoms with Crippen molar-refractivity contribution < 1.29 is 4.79 Å². The Morgan fingerprint density at radius 3 is 2.90 bits per heavy atom. The van der Waals surface area contributed by atoms with Crippen LogP contribution in [-0.2, 0) is 4.79 Å². The lowest BCUT2D eigenvalue weighted by Gasteiger charge is -2.19. The fourth-order valence-corrected chi connectivity index (χ4v) is 2.17. The molecule has 1 amide bonds. The molecule has 2 heterocycles. The van der Waals surface area contributed by atoms with E-state index in [2.05, 4.69) is 22.7 Å². The monoisotopic (exact) mass is 323 g/mol. The quantitative estimate of drug-likeness (QED) is 0.654. The molecular weight excluding hydrogens is 310 g/mol. The number of carbonyl (C=O) groups excluding carboxylic acids is 1. The first kappa shape index (κ1) is 15.5. The summed E-state index contributed by atoms with van der Waals surface area (Å²) in [4.78, 5) is 17.6. The number of nitrogens with one attached hydrogen (secondary N) is 1. The first-order valence-corrected chi connectivity index (χ1v) is 7.25. The Labute approximate surface area is 132 Å². The highest BCUT2D eigenvalue weighted by Crippen LogP contribution is 2.26. The minimum absolute atomic E-state index is 0.0731.